The Hall–Kier alpha value is 0.160. The second-order valence-electron chi connectivity index (χ2n) is 6.17. The second-order valence-corrected chi connectivity index (χ2v) is 7.68. The lowest BCUT2D eigenvalue weighted by Gasteiger charge is -2.43. The first kappa shape index (κ1) is 12.2. The van der Waals surface area contributed by atoms with E-state index in [-0.39, 0.29) is 3.92 Å². The Kier molecular flexibility index (Phi) is 3.14. The van der Waals surface area contributed by atoms with Crippen LogP contribution in [0.15, 0.2) is 0 Å². The van der Waals surface area contributed by atoms with E-state index in [1.54, 1.807) is 0 Å². The third-order valence-corrected chi connectivity index (χ3v) is 5.73. The van der Waals surface area contributed by atoms with E-state index in [0.29, 0.717) is 17.4 Å². The number of halogens is 1. The summed E-state index contributed by atoms with van der Waals surface area (Å²) in [6.07, 6.45) is 6.17. The van der Waals surface area contributed by atoms with Gasteiger partial charge in [0.05, 0.1) is 3.92 Å². The van der Waals surface area contributed by atoms with E-state index in [2.05, 4.69) is 39.4 Å². The lowest BCUT2D eigenvalue weighted by Crippen LogP contribution is -2.54. The predicted octanol–water partition coefficient (Wildman–Crippen LogP) is 1.90. The maximum Gasteiger partial charge on any atom is 0.235 e. The molecule has 1 amide bonds. The Labute approximate surface area is 117 Å². The van der Waals surface area contributed by atoms with Crippen LogP contribution in [0.5, 0.6) is 0 Å². The number of rotatable bonds is 1. The van der Waals surface area contributed by atoms with Crippen LogP contribution >= 0.6 is 22.6 Å². The molecule has 2 heterocycles. The molecule has 3 fully saturated rings. The van der Waals surface area contributed by atoms with Gasteiger partial charge < -0.3 is 9.80 Å². The topological polar surface area (TPSA) is 23.6 Å². The van der Waals surface area contributed by atoms with Gasteiger partial charge in [0.1, 0.15) is 0 Å². The molecule has 2 saturated heterocycles. The summed E-state index contributed by atoms with van der Waals surface area (Å²) in [5.74, 6) is 0.415. The van der Waals surface area contributed by atoms with Gasteiger partial charge in [-0.15, -0.1) is 0 Å². The Balaban J connectivity index is 1.70. The molecule has 0 aromatic rings. The summed E-state index contributed by atoms with van der Waals surface area (Å²) in [5, 5.41) is 0. The molecule has 0 aromatic heterocycles. The van der Waals surface area contributed by atoms with Crippen molar-refractivity contribution in [3.05, 3.63) is 0 Å². The molecule has 4 heteroatoms. The molecule has 0 radical (unpaired) electrons. The Bertz CT molecular complexity index is 321. The first-order valence-corrected chi connectivity index (χ1v) is 7.97. The minimum absolute atomic E-state index is 0.239. The summed E-state index contributed by atoms with van der Waals surface area (Å²) < 4.78 is 0.239. The van der Waals surface area contributed by atoms with Gasteiger partial charge in [0, 0.05) is 12.6 Å². The average Bonchev–Trinajstić information content (AvgIpc) is 3.05. The summed E-state index contributed by atoms with van der Waals surface area (Å²) in [6, 6.07) is 0.522. The average molecular weight is 348 g/mol. The van der Waals surface area contributed by atoms with Crippen LogP contribution in [0.2, 0.25) is 0 Å². The van der Waals surface area contributed by atoms with Crippen molar-refractivity contribution in [1.29, 1.82) is 0 Å². The maximum absolute atomic E-state index is 12.3. The highest BCUT2D eigenvalue weighted by Crippen LogP contribution is 2.54. The number of alkyl halides is 1. The van der Waals surface area contributed by atoms with Gasteiger partial charge in [0.15, 0.2) is 0 Å². The number of nitrogens with zero attached hydrogens (tertiary/aromatic N) is 2. The molecule has 0 aromatic carbocycles. The molecule has 1 atom stereocenters. The van der Waals surface area contributed by atoms with Crippen LogP contribution in [0.25, 0.3) is 0 Å². The molecule has 3 nitrogen and oxygen atoms in total. The number of piperidine rings is 2. The molecule has 1 aliphatic carbocycles. The van der Waals surface area contributed by atoms with Gasteiger partial charge in [-0.2, -0.15) is 0 Å². The lowest BCUT2D eigenvalue weighted by molar-refractivity contribution is -0.137. The summed E-state index contributed by atoms with van der Waals surface area (Å²) in [4.78, 5) is 16.9. The molecule has 3 aliphatic rings. The minimum Gasteiger partial charge on any atom is -0.338 e. The third kappa shape index (κ3) is 2.35. The van der Waals surface area contributed by atoms with Crippen molar-refractivity contribution in [3.8, 4) is 0 Å². The zero-order chi connectivity index (χ0) is 12.0. The molecular formula is C13H21IN2O. The van der Waals surface area contributed by atoms with Gasteiger partial charge in [0.2, 0.25) is 5.91 Å². The second kappa shape index (κ2) is 4.37. The van der Waals surface area contributed by atoms with E-state index in [0.717, 1.165) is 26.1 Å². The fraction of sp³-hybridized carbons (Fsp3) is 0.923. The SMILES string of the molecule is CN1CCC(N2CC3(CC3)CC(I)C2=O)CC1. The number of likely N-dealkylation sites (tertiary alicyclic amines) is 2. The van der Waals surface area contributed by atoms with E-state index in [9.17, 15) is 4.79 Å². The van der Waals surface area contributed by atoms with Crippen molar-refractivity contribution in [2.75, 3.05) is 26.7 Å². The molecule has 17 heavy (non-hydrogen) atoms. The number of carbonyl (C=O) groups is 1. The highest BCUT2D eigenvalue weighted by atomic mass is 127. The molecule has 1 unspecified atom stereocenters. The summed E-state index contributed by atoms with van der Waals surface area (Å²) in [5.41, 5.74) is 0.531. The largest absolute Gasteiger partial charge is 0.338 e. The van der Waals surface area contributed by atoms with Crippen LogP contribution in [0.4, 0.5) is 0 Å². The normalized spacial score (nSPS) is 34.4. The van der Waals surface area contributed by atoms with Gasteiger partial charge >= 0.3 is 0 Å². The monoisotopic (exact) mass is 348 g/mol. The zero-order valence-corrected chi connectivity index (χ0v) is 12.6. The van der Waals surface area contributed by atoms with E-state index in [4.69, 9.17) is 0 Å². The summed E-state index contributed by atoms with van der Waals surface area (Å²) >= 11 is 2.36. The predicted molar refractivity (Wildman–Crippen MR) is 76.3 cm³/mol. The molecular weight excluding hydrogens is 327 g/mol. The Morgan fingerprint density at radius 1 is 1.29 bits per heavy atom. The van der Waals surface area contributed by atoms with E-state index >= 15 is 0 Å². The van der Waals surface area contributed by atoms with Crippen LogP contribution < -0.4 is 0 Å². The molecule has 96 valence electrons. The molecule has 1 saturated carbocycles. The molecule has 1 spiro atoms. The van der Waals surface area contributed by atoms with Crippen molar-refractivity contribution < 1.29 is 4.79 Å². The fourth-order valence-corrected chi connectivity index (χ4v) is 4.60. The highest BCUT2D eigenvalue weighted by molar-refractivity contribution is 14.1. The zero-order valence-electron chi connectivity index (χ0n) is 10.5. The summed E-state index contributed by atoms with van der Waals surface area (Å²) in [7, 11) is 2.18. The van der Waals surface area contributed by atoms with E-state index < -0.39 is 0 Å². The number of hydrogen-bond acceptors (Lipinski definition) is 2. The van der Waals surface area contributed by atoms with Crippen molar-refractivity contribution in [2.45, 2.75) is 42.1 Å². The van der Waals surface area contributed by atoms with Crippen LogP contribution in [-0.2, 0) is 4.79 Å². The van der Waals surface area contributed by atoms with E-state index in [1.165, 1.54) is 25.7 Å². The Morgan fingerprint density at radius 3 is 2.53 bits per heavy atom. The van der Waals surface area contributed by atoms with Crippen LogP contribution in [0.3, 0.4) is 0 Å². The van der Waals surface area contributed by atoms with Gasteiger partial charge in [-0.05, 0) is 57.7 Å². The molecule has 0 N–H and O–H groups in total. The van der Waals surface area contributed by atoms with Gasteiger partial charge in [-0.25, -0.2) is 0 Å². The third-order valence-electron chi connectivity index (χ3n) is 4.75. The molecule has 2 aliphatic heterocycles. The number of hydrogen-bond donors (Lipinski definition) is 0. The van der Waals surface area contributed by atoms with Crippen molar-refractivity contribution in [2.24, 2.45) is 5.41 Å². The van der Waals surface area contributed by atoms with Crippen molar-refractivity contribution in [3.63, 3.8) is 0 Å². The smallest absolute Gasteiger partial charge is 0.235 e. The highest BCUT2D eigenvalue weighted by Gasteiger charge is 2.52. The minimum atomic E-state index is 0.239. The lowest BCUT2D eigenvalue weighted by atomic mass is 9.91. The van der Waals surface area contributed by atoms with Crippen molar-refractivity contribution in [1.82, 2.24) is 9.80 Å². The first-order valence-electron chi connectivity index (χ1n) is 6.73. The van der Waals surface area contributed by atoms with Crippen LogP contribution in [0, 0.1) is 5.41 Å². The maximum atomic E-state index is 12.3. The van der Waals surface area contributed by atoms with E-state index in [1.807, 2.05) is 0 Å². The quantitative estimate of drug-likeness (QED) is 0.534. The molecule has 3 rings (SSSR count). The number of amides is 1. The van der Waals surface area contributed by atoms with Crippen LogP contribution in [-0.4, -0.2) is 52.4 Å². The van der Waals surface area contributed by atoms with Gasteiger partial charge in [-0.3, -0.25) is 4.79 Å². The van der Waals surface area contributed by atoms with Gasteiger partial charge in [-0.1, -0.05) is 22.6 Å². The standard InChI is InChI=1S/C13H21IN2O/c1-15-6-2-10(3-7-15)16-9-13(4-5-13)8-11(14)12(16)17/h10-11H,2-9H2,1H3. The van der Waals surface area contributed by atoms with Crippen molar-refractivity contribution >= 4 is 28.5 Å². The van der Waals surface area contributed by atoms with Gasteiger partial charge in [0.25, 0.3) is 0 Å². The first-order chi connectivity index (χ1) is 8.10. The van der Waals surface area contributed by atoms with Crippen LogP contribution in [0.1, 0.15) is 32.1 Å². The summed E-state index contributed by atoms with van der Waals surface area (Å²) in [6.45, 7) is 3.35. The Morgan fingerprint density at radius 2 is 1.94 bits per heavy atom. The fourth-order valence-electron chi connectivity index (χ4n) is 3.31. The number of carbonyl (C=O) groups excluding carboxylic acids is 1. The molecule has 0 bridgehead atoms.